The van der Waals surface area contributed by atoms with Gasteiger partial charge in [0.05, 0.1) is 25.2 Å². The normalized spacial score (nSPS) is 14.6. The highest BCUT2D eigenvalue weighted by molar-refractivity contribution is 5.96. The maximum absolute atomic E-state index is 11.8. The van der Waals surface area contributed by atoms with Gasteiger partial charge in [-0.3, -0.25) is 10.1 Å². The van der Waals surface area contributed by atoms with Crippen molar-refractivity contribution in [2.24, 2.45) is 0 Å². The summed E-state index contributed by atoms with van der Waals surface area (Å²) in [5, 5.41) is 11.1. The first-order valence-corrected chi connectivity index (χ1v) is 6.44. The second-order valence-corrected chi connectivity index (χ2v) is 4.48. The number of rotatable bonds is 4. The Morgan fingerprint density at radius 3 is 2.67 bits per heavy atom. The molecule has 0 bridgehead atoms. The van der Waals surface area contributed by atoms with Gasteiger partial charge in [0.1, 0.15) is 5.56 Å². The molecule has 1 heterocycles. The number of morpholine rings is 1. The molecule has 1 saturated heterocycles. The number of anilines is 1. The Morgan fingerprint density at radius 1 is 1.48 bits per heavy atom. The van der Waals surface area contributed by atoms with Gasteiger partial charge in [0.2, 0.25) is 0 Å². The molecular formula is C14H16N2O5. The Labute approximate surface area is 121 Å². The third-order valence-corrected chi connectivity index (χ3v) is 3.32. The smallest absolute Gasteiger partial charge is 0.344 e. The number of carbonyl (C=O) groups is 1. The van der Waals surface area contributed by atoms with Crippen LogP contribution in [0.5, 0.6) is 0 Å². The standard InChI is InChI=1S/C14H16N2O5/c1-3-10-8-13(16(18)19)11(14(17)20-2)9-12(10)15-4-6-21-7-5-15/h3,8-9H,1,4-7H2,2H3. The lowest BCUT2D eigenvalue weighted by molar-refractivity contribution is -0.385. The van der Waals surface area contributed by atoms with Gasteiger partial charge in [0, 0.05) is 30.4 Å². The van der Waals surface area contributed by atoms with Crippen molar-refractivity contribution < 1.29 is 19.2 Å². The molecule has 0 spiro atoms. The van der Waals surface area contributed by atoms with Crippen LogP contribution in [0.25, 0.3) is 6.08 Å². The van der Waals surface area contributed by atoms with Crippen LogP contribution in [0.1, 0.15) is 15.9 Å². The summed E-state index contributed by atoms with van der Waals surface area (Å²) in [5.41, 5.74) is 0.985. The van der Waals surface area contributed by atoms with E-state index in [-0.39, 0.29) is 11.3 Å². The molecular weight excluding hydrogens is 276 g/mol. The van der Waals surface area contributed by atoms with Gasteiger partial charge in [0.25, 0.3) is 5.69 Å². The van der Waals surface area contributed by atoms with E-state index in [0.717, 1.165) is 5.69 Å². The van der Waals surface area contributed by atoms with Crippen molar-refractivity contribution in [3.63, 3.8) is 0 Å². The van der Waals surface area contributed by atoms with E-state index < -0.39 is 10.9 Å². The quantitative estimate of drug-likeness (QED) is 0.478. The van der Waals surface area contributed by atoms with Crippen molar-refractivity contribution in [1.82, 2.24) is 0 Å². The summed E-state index contributed by atoms with van der Waals surface area (Å²) >= 11 is 0. The molecule has 2 rings (SSSR count). The molecule has 7 heteroatoms. The van der Waals surface area contributed by atoms with Gasteiger partial charge in [-0.05, 0) is 6.07 Å². The average molecular weight is 292 g/mol. The minimum absolute atomic E-state index is 0.0606. The van der Waals surface area contributed by atoms with E-state index in [1.807, 2.05) is 4.90 Å². The highest BCUT2D eigenvalue weighted by Gasteiger charge is 2.25. The molecule has 21 heavy (non-hydrogen) atoms. The SMILES string of the molecule is C=Cc1cc([N+](=O)[O-])c(C(=O)OC)cc1N1CCOCC1. The first-order chi connectivity index (χ1) is 10.1. The molecule has 0 atom stereocenters. The van der Waals surface area contributed by atoms with Crippen LogP contribution >= 0.6 is 0 Å². The van der Waals surface area contributed by atoms with Gasteiger partial charge >= 0.3 is 5.97 Å². The maximum atomic E-state index is 11.8. The van der Waals surface area contributed by atoms with Crippen LogP contribution in [0.15, 0.2) is 18.7 Å². The molecule has 0 amide bonds. The van der Waals surface area contributed by atoms with Crippen LogP contribution in [-0.2, 0) is 9.47 Å². The van der Waals surface area contributed by atoms with Gasteiger partial charge in [-0.15, -0.1) is 0 Å². The van der Waals surface area contributed by atoms with Crippen LogP contribution in [0.4, 0.5) is 11.4 Å². The number of nitro benzene ring substituents is 1. The Morgan fingerprint density at radius 2 is 2.14 bits per heavy atom. The van der Waals surface area contributed by atoms with Crippen molar-refractivity contribution in [1.29, 1.82) is 0 Å². The largest absolute Gasteiger partial charge is 0.465 e. The molecule has 1 aromatic carbocycles. The van der Waals surface area contributed by atoms with Gasteiger partial charge < -0.3 is 14.4 Å². The van der Waals surface area contributed by atoms with Crippen LogP contribution in [0.2, 0.25) is 0 Å². The predicted octanol–water partition coefficient (Wildman–Crippen LogP) is 1.86. The van der Waals surface area contributed by atoms with E-state index in [0.29, 0.717) is 31.9 Å². The monoisotopic (exact) mass is 292 g/mol. The Bertz CT molecular complexity index is 579. The molecule has 7 nitrogen and oxygen atoms in total. The van der Waals surface area contributed by atoms with E-state index in [2.05, 4.69) is 11.3 Å². The molecule has 0 saturated carbocycles. The molecule has 0 aromatic heterocycles. The summed E-state index contributed by atoms with van der Waals surface area (Å²) in [4.78, 5) is 24.3. The first kappa shape index (κ1) is 15.0. The van der Waals surface area contributed by atoms with E-state index in [4.69, 9.17) is 4.74 Å². The van der Waals surface area contributed by atoms with Crippen LogP contribution in [0.3, 0.4) is 0 Å². The second kappa shape index (κ2) is 6.36. The molecule has 1 aromatic rings. The van der Waals surface area contributed by atoms with Crippen LogP contribution in [0, 0.1) is 10.1 Å². The van der Waals surface area contributed by atoms with E-state index >= 15 is 0 Å². The number of benzene rings is 1. The minimum atomic E-state index is -0.730. The van der Waals surface area contributed by atoms with E-state index in [1.54, 1.807) is 6.08 Å². The fraction of sp³-hybridized carbons (Fsp3) is 0.357. The zero-order valence-corrected chi connectivity index (χ0v) is 11.7. The molecule has 112 valence electrons. The number of carbonyl (C=O) groups excluding carboxylic acids is 1. The number of hydrogen-bond acceptors (Lipinski definition) is 6. The Kier molecular flexibility index (Phi) is 4.54. The molecule has 1 aliphatic heterocycles. The zero-order valence-electron chi connectivity index (χ0n) is 11.7. The summed E-state index contributed by atoms with van der Waals surface area (Å²) in [6, 6.07) is 2.84. The molecule has 1 fully saturated rings. The van der Waals surface area contributed by atoms with Gasteiger partial charge in [-0.1, -0.05) is 12.7 Å². The number of methoxy groups -OCH3 is 1. The van der Waals surface area contributed by atoms with E-state index in [9.17, 15) is 14.9 Å². The van der Waals surface area contributed by atoms with Crippen molar-refractivity contribution >= 4 is 23.4 Å². The molecule has 0 unspecified atom stereocenters. The van der Waals surface area contributed by atoms with Gasteiger partial charge in [-0.2, -0.15) is 0 Å². The number of esters is 1. The topological polar surface area (TPSA) is 81.9 Å². The molecule has 0 radical (unpaired) electrons. The number of nitro groups is 1. The summed E-state index contributed by atoms with van der Waals surface area (Å²) in [7, 11) is 1.20. The first-order valence-electron chi connectivity index (χ1n) is 6.44. The average Bonchev–Trinajstić information content (AvgIpc) is 2.53. The number of ether oxygens (including phenoxy) is 2. The fourth-order valence-electron chi connectivity index (χ4n) is 2.26. The molecule has 0 N–H and O–H groups in total. The summed E-state index contributed by atoms with van der Waals surface area (Å²) in [6.07, 6.45) is 1.54. The lowest BCUT2D eigenvalue weighted by Gasteiger charge is -2.30. The highest BCUT2D eigenvalue weighted by Crippen LogP contribution is 2.31. The third-order valence-electron chi connectivity index (χ3n) is 3.32. The van der Waals surface area contributed by atoms with Gasteiger partial charge in [-0.25, -0.2) is 4.79 Å². The molecule has 1 aliphatic rings. The predicted molar refractivity (Wildman–Crippen MR) is 77.6 cm³/mol. The lowest BCUT2D eigenvalue weighted by atomic mass is 10.0. The summed E-state index contributed by atoms with van der Waals surface area (Å²) < 4.78 is 9.92. The fourth-order valence-corrected chi connectivity index (χ4v) is 2.26. The van der Waals surface area contributed by atoms with Crippen LogP contribution in [-0.4, -0.2) is 44.3 Å². The Balaban J connectivity index is 2.55. The van der Waals surface area contributed by atoms with Crippen molar-refractivity contribution in [2.75, 3.05) is 38.3 Å². The maximum Gasteiger partial charge on any atom is 0.344 e. The Hall–Kier alpha value is -2.41. The summed E-state index contributed by atoms with van der Waals surface area (Å²) in [5.74, 6) is -0.730. The van der Waals surface area contributed by atoms with E-state index in [1.165, 1.54) is 19.2 Å². The van der Waals surface area contributed by atoms with Crippen molar-refractivity contribution in [3.8, 4) is 0 Å². The molecule has 0 aliphatic carbocycles. The van der Waals surface area contributed by atoms with Crippen LogP contribution < -0.4 is 4.90 Å². The number of nitrogens with zero attached hydrogens (tertiary/aromatic N) is 2. The third kappa shape index (κ3) is 3.03. The lowest BCUT2D eigenvalue weighted by Crippen LogP contribution is -2.36. The number of hydrogen-bond donors (Lipinski definition) is 0. The zero-order chi connectivity index (χ0) is 15.4. The minimum Gasteiger partial charge on any atom is -0.465 e. The van der Waals surface area contributed by atoms with Crippen molar-refractivity contribution in [3.05, 3.63) is 40.0 Å². The van der Waals surface area contributed by atoms with Gasteiger partial charge in [0.15, 0.2) is 0 Å². The van der Waals surface area contributed by atoms with Crippen molar-refractivity contribution in [2.45, 2.75) is 0 Å². The summed E-state index contributed by atoms with van der Waals surface area (Å²) in [6.45, 7) is 6.13. The highest BCUT2D eigenvalue weighted by atomic mass is 16.6. The second-order valence-electron chi connectivity index (χ2n) is 4.48.